The molecular weight excluding hydrogens is 629 g/mol. The SMILES string of the molecule is Nc1cc(C(F)(F)F)c2nc1-c1nnc(o1)[C@@](O)(C(F)(F)F)CCCCCN(Cc1cc(Cl)cc(OC(F)(F)F)c1)C2=O. The van der Waals surface area contributed by atoms with E-state index in [0.29, 0.717) is 6.07 Å². The Kier molecular flexibility index (Phi) is 8.49. The maximum absolute atomic E-state index is 14.0. The second-order valence-corrected chi connectivity index (χ2v) is 9.91. The largest absolute Gasteiger partial charge is 0.573 e. The summed E-state index contributed by atoms with van der Waals surface area (Å²) in [4.78, 5) is 18.0. The summed E-state index contributed by atoms with van der Waals surface area (Å²) in [5.41, 5.74) is -2.47. The van der Waals surface area contributed by atoms with Crippen LogP contribution in [0.3, 0.4) is 0 Å². The summed E-state index contributed by atoms with van der Waals surface area (Å²) in [6.07, 6.45) is -17.1. The lowest BCUT2D eigenvalue weighted by atomic mass is 9.95. The first-order valence-electron chi connectivity index (χ1n) is 12.1. The number of nitrogens with zero attached hydrogens (tertiary/aromatic N) is 4. The number of hydrogen-bond acceptors (Lipinski definition) is 8. The van der Waals surface area contributed by atoms with Gasteiger partial charge in [0.05, 0.1) is 11.3 Å². The number of anilines is 1. The highest BCUT2D eigenvalue weighted by atomic mass is 35.5. The van der Waals surface area contributed by atoms with E-state index in [4.69, 9.17) is 21.8 Å². The molecule has 4 bridgehead atoms. The van der Waals surface area contributed by atoms with Gasteiger partial charge in [0.25, 0.3) is 17.7 Å². The molecule has 0 saturated carbocycles. The van der Waals surface area contributed by atoms with Crippen LogP contribution in [0.25, 0.3) is 11.6 Å². The van der Waals surface area contributed by atoms with Gasteiger partial charge in [-0.1, -0.05) is 18.0 Å². The molecule has 9 nitrogen and oxygen atoms in total. The highest BCUT2D eigenvalue weighted by Crippen LogP contribution is 2.44. The predicted molar refractivity (Wildman–Crippen MR) is 128 cm³/mol. The molecule has 4 rings (SSSR count). The summed E-state index contributed by atoms with van der Waals surface area (Å²) >= 11 is 5.89. The molecule has 2 aromatic heterocycles. The van der Waals surface area contributed by atoms with Crippen LogP contribution in [0.2, 0.25) is 5.02 Å². The lowest BCUT2D eigenvalue weighted by molar-refractivity contribution is -0.277. The number of benzene rings is 1. The number of fused-ring (bicyclic) bond motifs is 5. The summed E-state index contributed by atoms with van der Waals surface area (Å²) in [7, 11) is 0. The summed E-state index contributed by atoms with van der Waals surface area (Å²) in [6, 6.07) is 3.11. The Morgan fingerprint density at radius 2 is 1.70 bits per heavy atom. The number of hydrogen-bond donors (Lipinski definition) is 2. The lowest BCUT2D eigenvalue weighted by Crippen LogP contribution is -2.42. The second-order valence-electron chi connectivity index (χ2n) is 9.47. The molecule has 1 amide bonds. The van der Waals surface area contributed by atoms with Crippen LogP contribution in [0.4, 0.5) is 45.2 Å². The Balaban J connectivity index is 1.84. The van der Waals surface area contributed by atoms with E-state index in [1.165, 1.54) is 0 Å². The van der Waals surface area contributed by atoms with Gasteiger partial charge in [-0.2, -0.15) is 26.3 Å². The fourth-order valence-electron chi connectivity index (χ4n) is 4.32. The van der Waals surface area contributed by atoms with Crippen molar-refractivity contribution in [2.24, 2.45) is 0 Å². The van der Waals surface area contributed by atoms with E-state index in [2.05, 4.69) is 19.9 Å². The van der Waals surface area contributed by atoms with Crippen molar-refractivity contribution in [2.75, 3.05) is 12.3 Å². The van der Waals surface area contributed by atoms with Gasteiger partial charge in [0.1, 0.15) is 11.4 Å². The Labute approximate surface area is 240 Å². The average Bonchev–Trinajstić information content (AvgIpc) is 3.34. The first-order chi connectivity index (χ1) is 19.8. The number of ether oxygens (including phenoxy) is 1. The third-order valence-electron chi connectivity index (χ3n) is 6.30. The van der Waals surface area contributed by atoms with Gasteiger partial charge in [-0.05, 0) is 49.1 Å². The number of alkyl halides is 9. The van der Waals surface area contributed by atoms with Gasteiger partial charge in [-0.3, -0.25) is 4.79 Å². The molecule has 1 aliphatic rings. The van der Waals surface area contributed by atoms with Crippen LogP contribution in [0.5, 0.6) is 5.75 Å². The molecule has 19 heteroatoms. The van der Waals surface area contributed by atoms with Crippen molar-refractivity contribution in [1.29, 1.82) is 0 Å². The highest BCUT2D eigenvalue weighted by Gasteiger charge is 2.58. The van der Waals surface area contributed by atoms with E-state index in [9.17, 15) is 49.4 Å². The zero-order valence-electron chi connectivity index (χ0n) is 21.4. The number of carbonyl (C=O) groups excluding carboxylic acids is 1. The normalized spacial score (nSPS) is 18.9. The van der Waals surface area contributed by atoms with Crippen molar-refractivity contribution in [1.82, 2.24) is 20.1 Å². The van der Waals surface area contributed by atoms with Gasteiger partial charge in [0.2, 0.25) is 5.60 Å². The number of amides is 1. The van der Waals surface area contributed by atoms with E-state index in [1.54, 1.807) is 0 Å². The van der Waals surface area contributed by atoms with Crippen molar-refractivity contribution in [2.45, 2.75) is 56.5 Å². The van der Waals surface area contributed by atoms with Crippen molar-refractivity contribution in [3.05, 3.63) is 52.0 Å². The number of nitrogen functional groups attached to an aromatic ring is 1. The van der Waals surface area contributed by atoms with Crippen molar-refractivity contribution in [3.63, 3.8) is 0 Å². The Morgan fingerprint density at radius 1 is 1.00 bits per heavy atom. The maximum Gasteiger partial charge on any atom is 0.573 e. The number of carbonyl (C=O) groups is 1. The molecule has 1 aliphatic heterocycles. The van der Waals surface area contributed by atoms with E-state index in [0.717, 1.165) is 23.1 Å². The number of rotatable bonds is 3. The van der Waals surface area contributed by atoms with E-state index >= 15 is 0 Å². The number of aromatic nitrogens is 3. The maximum atomic E-state index is 14.0. The zero-order chi connectivity index (χ0) is 32.0. The summed E-state index contributed by atoms with van der Waals surface area (Å²) in [5.74, 6) is -4.34. The minimum Gasteiger partial charge on any atom is -0.416 e. The van der Waals surface area contributed by atoms with Gasteiger partial charge in [-0.15, -0.1) is 23.4 Å². The lowest BCUT2D eigenvalue weighted by Gasteiger charge is -2.28. The number of pyridine rings is 1. The molecule has 0 spiro atoms. The quantitative estimate of drug-likeness (QED) is 0.320. The van der Waals surface area contributed by atoms with Gasteiger partial charge in [0, 0.05) is 18.1 Å². The monoisotopic (exact) mass is 647 g/mol. The van der Waals surface area contributed by atoms with E-state index in [-0.39, 0.29) is 36.4 Å². The Hall–Kier alpha value is -3.80. The molecular formula is C24H19ClF9N5O4. The molecule has 1 atom stereocenters. The van der Waals surface area contributed by atoms with Crippen molar-refractivity contribution < 1.29 is 58.6 Å². The molecule has 3 heterocycles. The average molecular weight is 648 g/mol. The summed E-state index contributed by atoms with van der Waals surface area (Å²) in [6.45, 7) is -0.994. The summed E-state index contributed by atoms with van der Waals surface area (Å²) < 4.78 is 131. The van der Waals surface area contributed by atoms with E-state index < -0.39 is 83.4 Å². The van der Waals surface area contributed by atoms with Gasteiger partial charge in [0.15, 0.2) is 5.69 Å². The Bertz CT molecular complexity index is 1510. The van der Waals surface area contributed by atoms with Gasteiger partial charge in [-0.25, -0.2) is 4.98 Å². The minimum atomic E-state index is -5.30. The number of aliphatic hydroxyl groups is 1. The van der Waals surface area contributed by atoms with Crippen LogP contribution < -0.4 is 10.5 Å². The zero-order valence-corrected chi connectivity index (χ0v) is 22.1. The molecule has 1 aromatic carbocycles. The molecule has 43 heavy (non-hydrogen) atoms. The fraction of sp³-hybridized carbons (Fsp3) is 0.417. The standard InChI is InChI=1S/C24H19ClF9N5O4/c25-12-6-11(7-13(8-12)43-24(32,33)34)10-39-5-3-1-2-4-21(41,23(29,30)31)20-38-37-18(42-20)17-15(35)9-14(22(26,27)28)16(36-17)19(39)40/h6-9,41H,1-5,10,35H2/t21-/m1/s1. The number of halogens is 10. The molecule has 3 N–H and O–H groups in total. The molecule has 0 unspecified atom stereocenters. The third-order valence-corrected chi connectivity index (χ3v) is 6.52. The molecule has 0 fully saturated rings. The van der Waals surface area contributed by atoms with E-state index in [1.807, 2.05) is 0 Å². The fourth-order valence-corrected chi connectivity index (χ4v) is 4.57. The molecule has 0 radical (unpaired) electrons. The van der Waals surface area contributed by atoms with Crippen molar-refractivity contribution in [3.8, 4) is 17.3 Å². The Morgan fingerprint density at radius 3 is 2.33 bits per heavy atom. The highest BCUT2D eigenvalue weighted by molar-refractivity contribution is 6.30. The van der Waals surface area contributed by atoms with Crippen LogP contribution in [-0.2, 0) is 18.3 Å². The van der Waals surface area contributed by atoms with Crippen LogP contribution in [0.15, 0.2) is 28.7 Å². The molecule has 234 valence electrons. The number of nitrogens with two attached hydrogens (primary N) is 1. The van der Waals surface area contributed by atoms with Crippen LogP contribution in [-0.4, -0.2) is 50.2 Å². The second kappa shape index (κ2) is 11.4. The smallest absolute Gasteiger partial charge is 0.416 e. The summed E-state index contributed by atoms with van der Waals surface area (Å²) in [5, 5.41) is 16.8. The molecule has 0 saturated heterocycles. The van der Waals surface area contributed by atoms with Crippen molar-refractivity contribution >= 4 is 23.2 Å². The molecule has 0 aliphatic carbocycles. The van der Waals surface area contributed by atoms with Gasteiger partial charge >= 0.3 is 18.7 Å². The van der Waals surface area contributed by atoms with Crippen LogP contribution in [0.1, 0.15) is 53.2 Å². The van der Waals surface area contributed by atoms with Gasteiger partial charge < -0.3 is 24.9 Å². The van der Waals surface area contributed by atoms with Crippen LogP contribution >= 0.6 is 11.6 Å². The first kappa shape index (κ1) is 32.1. The molecule has 3 aromatic rings. The minimum absolute atomic E-state index is 0.0848. The first-order valence-corrected chi connectivity index (χ1v) is 12.5. The van der Waals surface area contributed by atoms with Crippen LogP contribution in [0, 0.1) is 0 Å². The topological polar surface area (TPSA) is 128 Å². The third kappa shape index (κ3) is 7.06. The predicted octanol–water partition coefficient (Wildman–Crippen LogP) is 6.25.